The molecule has 5 heteroatoms. The molecule has 3 rings (SSSR count). The third-order valence-corrected chi connectivity index (χ3v) is 5.36. The van der Waals surface area contributed by atoms with Gasteiger partial charge in [-0.3, -0.25) is 4.79 Å². The van der Waals surface area contributed by atoms with Crippen molar-refractivity contribution in [2.75, 3.05) is 24.6 Å². The second kappa shape index (κ2) is 8.32. The number of carbonyl (C=O) groups is 1. The van der Waals surface area contributed by atoms with Gasteiger partial charge in [-0.2, -0.15) is 0 Å². The zero-order valence-electron chi connectivity index (χ0n) is 15.1. The maximum atomic E-state index is 11.7. The fraction of sp³-hybridized carbons (Fsp3) is 0.429. The van der Waals surface area contributed by atoms with Crippen molar-refractivity contribution < 1.29 is 9.90 Å². The van der Waals surface area contributed by atoms with Crippen LogP contribution in [0.2, 0.25) is 0 Å². The van der Waals surface area contributed by atoms with E-state index in [2.05, 4.69) is 34.1 Å². The molecule has 1 amide bonds. The van der Waals surface area contributed by atoms with Crippen LogP contribution in [0.4, 0.5) is 5.82 Å². The van der Waals surface area contributed by atoms with Gasteiger partial charge in [0.05, 0.1) is 12.2 Å². The first-order chi connectivity index (χ1) is 12.6. The van der Waals surface area contributed by atoms with E-state index in [0.29, 0.717) is 17.9 Å². The zero-order chi connectivity index (χ0) is 18.4. The minimum absolute atomic E-state index is 0.150. The fourth-order valence-electron chi connectivity index (χ4n) is 3.95. The number of carbonyl (C=O) groups excluding carboxylic acids is 1. The van der Waals surface area contributed by atoms with Crippen LogP contribution >= 0.6 is 0 Å². The van der Waals surface area contributed by atoms with Crippen LogP contribution in [0.15, 0.2) is 48.7 Å². The van der Waals surface area contributed by atoms with Gasteiger partial charge in [0.2, 0.25) is 0 Å². The lowest BCUT2D eigenvalue weighted by Gasteiger charge is -2.43. The molecule has 1 atom stereocenters. The van der Waals surface area contributed by atoms with Crippen LogP contribution in [-0.2, 0) is 6.42 Å². The molecule has 138 valence electrons. The number of aliphatic hydroxyl groups is 1. The van der Waals surface area contributed by atoms with Crippen molar-refractivity contribution in [2.45, 2.75) is 32.1 Å². The van der Waals surface area contributed by atoms with E-state index in [-0.39, 0.29) is 12.0 Å². The highest BCUT2D eigenvalue weighted by atomic mass is 16.3. The third kappa shape index (κ3) is 4.22. The van der Waals surface area contributed by atoms with Gasteiger partial charge in [0.15, 0.2) is 0 Å². The van der Waals surface area contributed by atoms with Crippen molar-refractivity contribution in [2.24, 2.45) is 11.1 Å². The number of aryl methyl sites for hydroxylation is 1. The number of benzene rings is 1. The summed E-state index contributed by atoms with van der Waals surface area (Å²) in [4.78, 5) is 18.2. The summed E-state index contributed by atoms with van der Waals surface area (Å²) in [5.41, 5.74) is 7.14. The van der Waals surface area contributed by atoms with Gasteiger partial charge in [-0.05, 0) is 49.8 Å². The van der Waals surface area contributed by atoms with Crippen molar-refractivity contribution in [3.05, 3.63) is 59.8 Å². The number of anilines is 1. The van der Waals surface area contributed by atoms with Crippen LogP contribution < -0.4 is 10.6 Å². The molecule has 5 nitrogen and oxygen atoms in total. The van der Waals surface area contributed by atoms with Crippen LogP contribution in [0.3, 0.4) is 0 Å². The quantitative estimate of drug-likeness (QED) is 0.802. The maximum Gasteiger partial charge on any atom is 0.252 e. The summed E-state index contributed by atoms with van der Waals surface area (Å²) in [6.45, 7) is 1.68. The van der Waals surface area contributed by atoms with E-state index in [1.54, 1.807) is 18.3 Å². The van der Waals surface area contributed by atoms with Gasteiger partial charge in [-0.15, -0.1) is 0 Å². The Labute approximate surface area is 154 Å². The molecule has 26 heavy (non-hydrogen) atoms. The number of primary amides is 1. The second-order valence-corrected chi connectivity index (χ2v) is 7.26. The Kier molecular flexibility index (Phi) is 5.89. The van der Waals surface area contributed by atoms with Gasteiger partial charge in [-0.25, -0.2) is 4.98 Å². The van der Waals surface area contributed by atoms with Crippen molar-refractivity contribution in [1.82, 2.24) is 4.98 Å². The molecule has 3 N–H and O–H groups in total. The summed E-state index contributed by atoms with van der Waals surface area (Å²) in [6, 6.07) is 13.9. The second-order valence-electron chi connectivity index (χ2n) is 7.26. The highest BCUT2D eigenvalue weighted by Crippen LogP contribution is 2.36. The average Bonchev–Trinajstić information content (AvgIpc) is 2.69. The smallest absolute Gasteiger partial charge is 0.252 e. The van der Waals surface area contributed by atoms with E-state index in [0.717, 1.165) is 38.6 Å². The number of rotatable bonds is 7. The molecular formula is C21H27N3O2. The first kappa shape index (κ1) is 18.4. The number of hydrogen-bond acceptors (Lipinski definition) is 4. The average molecular weight is 353 g/mol. The fourth-order valence-corrected chi connectivity index (χ4v) is 3.95. The van der Waals surface area contributed by atoms with Gasteiger partial charge in [0, 0.05) is 24.7 Å². The lowest BCUT2D eigenvalue weighted by atomic mass is 9.76. The molecule has 1 saturated heterocycles. The van der Waals surface area contributed by atoms with Crippen LogP contribution in [0.1, 0.15) is 41.6 Å². The molecule has 2 heterocycles. The molecule has 1 aromatic carbocycles. The van der Waals surface area contributed by atoms with E-state index in [9.17, 15) is 9.90 Å². The maximum absolute atomic E-state index is 11.7. The minimum atomic E-state index is -0.461. The molecule has 0 radical (unpaired) electrons. The number of nitrogens with two attached hydrogens (primary N) is 1. The number of pyridine rings is 1. The summed E-state index contributed by atoms with van der Waals surface area (Å²) in [5, 5.41) is 10.1. The highest BCUT2D eigenvalue weighted by Gasteiger charge is 2.35. The van der Waals surface area contributed by atoms with Crippen LogP contribution in [0.5, 0.6) is 0 Å². The van der Waals surface area contributed by atoms with Gasteiger partial charge in [0.1, 0.15) is 5.82 Å². The van der Waals surface area contributed by atoms with E-state index >= 15 is 0 Å². The molecule has 0 spiro atoms. The number of aliphatic hydroxyl groups excluding tert-OH is 1. The lowest BCUT2D eigenvalue weighted by Crippen LogP contribution is -2.46. The Morgan fingerprint density at radius 3 is 2.77 bits per heavy atom. The third-order valence-electron chi connectivity index (χ3n) is 5.36. The van der Waals surface area contributed by atoms with E-state index in [4.69, 9.17) is 5.73 Å². The number of piperidine rings is 1. The van der Waals surface area contributed by atoms with E-state index < -0.39 is 5.91 Å². The normalized spacial score (nSPS) is 20.1. The molecule has 0 unspecified atom stereocenters. The monoisotopic (exact) mass is 353 g/mol. The lowest BCUT2D eigenvalue weighted by molar-refractivity contribution is 0.0934. The Morgan fingerprint density at radius 1 is 1.23 bits per heavy atom. The summed E-state index contributed by atoms with van der Waals surface area (Å²) in [5.74, 6) is 0.179. The van der Waals surface area contributed by atoms with Gasteiger partial charge in [0.25, 0.3) is 5.91 Å². The Hall–Kier alpha value is -2.40. The van der Waals surface area contributed by atoms with Gasteiger partial charge >= 0.3 is 0 Å². The molecule has 0 aliphatic carbocycles. The standard InChI is InChI=1S/C21H27N3O2/c22-19(26)18-10-5-13-23-20(18)24-14-6-12-21(15-24,16-25)11-4-9-17-7-2-1-3-8-17/h1-3,5,7-8,10,13,25H,4,6,9,11-12,14-16H2,(H2,22,26)/t21-/m0/s1. The van der Waals surface area contributed by atoms with Crippen LogP contribution in [0, 0.1) is 5.41 Å². The summed E-state index contributed by atoms with van der Waals surface area (Å²) < 4.78 is 0. The number of aromatic nitrogens is 1. The molecule has 0 bridgehead atoms. The van der Waals surface area contributed by atoms with E-state index in [1.807, 2.05) is 6.07 Å². The summed E-state index contributed by atoms with van der Waals surface area (Å²) >= 11 is 0. The van der Waals surface area contributed by atoms with E-state index in [1.165, 1.54) is 5.56 Å². The number of nitrogens with zero attached hydrogens (tertiary/aromatic N) is 2. The summed E-state index contributed by atoms with van der Waals surface area (Å²) in [7, 11) is 0. The Balaban J connectivity index is 1.69. The van der Waals surface area contributed by atoms with Crippen LogP contribution in [0.25, 0.3) is 0 Å². The zero-order valence-corrected chi connectivity index (χ0v) is 15.1. The molecule has 0 saturated carbocycles. The molecule has 1 aromatic heterocycles. The van der Waals surface area contributed by atoms with Crippen molar-refractivity contribution >= 4 is 11.7 Å². The summed E-state index contributed by atoms with van der Waals surface area (Å²) in [6.07, 6.45) is 6.65. The SMILES string of the molecule is NC(=O)c1cccnc1N1CCC[C@@](CO)(CCCc2ccccc2)C1. The number of hydrogen-bond donors (Lipinski definition) is 2. The van der Waals surface area contributed by atoms with Crippen LogP contribution in [-0.4, -0.2) is 35.7 Å². The predicted octanol–water partition coefficient (Wildman–Crippen LogP) is 2.78. The highest BCUT2D eigenvalue weighted by molar-refractivity contribution is 5.97. The number of amides is 1. The van der Waals surface area contributed by atoms with Crippen molar-refractivity contribution in [1.29, 1.82) is 0 Å². The first-order valence-electron chi connectivity index (χ1n) is 9.28. The molecule has 2 aromatic rings. The molecule has 1 fully saturated rings. The Bertz CT molecular complexity index is 735. The predicted molar refractivity (Wildman–Crippen MR) is 103 cm³/mol. The molecule has 1 aliphatic rings. The topological polar surface area (TPSA) is 79.5 Å². The van der Waals surface area contributed by atoms with Crippen molar-refractivity contribution in [3.8, 4) is 0 Å². The minimum Gasteiger partial charge on any atom is -0.396 e. The first-order valence-corrected chi connectivity index (χ1v) is 9.28. The van der Waals surface area contributed by atoms with Gasteiger partial charge in [-0.1, -0.05) is 30.3 Å². The Morgan fingerprint density at radius 2 is 2.04 bits per heavy atom. The van der Waals surface area contributed by atoms with Gasteiger partial charge < -0.3 is 15.7 Å². The van der Waals surface area contributed by atoms with Crippen molar-refractivity contribution in [3.63, 3.8) is 0 Å². The molecule has 1 aliphatic heterocycles. The largest absolute Gasteiger partial charge is 0.396 e. The molecular weight excluding hydrogens is 326 g/mol.